The van der Waals surface area contributed by atoms with Crippen molar-refractivity contribution in [3.8, 4) is 0 Å². The highest BCUT2D eigenvalue weighted by atomic mass is 15.4. The number of unbranched alkanes of at least 4 members (excludes halogenated alkanes) is 1. The van der Waals surface area contributed by atoms with E-state index in [1.165, 1.54) is 35.6 Å². The Balaban J connectivity index is 1.91. The molecule has 0 aliphatic carbocycles. The molecule has 2 heterocycles. The maximum absolute atomic E-state index is 2.36. The van der Waals surface area contributed by atoms with Crippen molar-refractivity contribution in [1.82, 2.24) is 9.36 Å². The van der Waals surface area contributed by atoms with E-state index in [1.54, 1.807) is 0 Å². The molecule has 0 fully saturated rings. The van der Waals surface area contributed by atoms with Crippen LogP contribution in [0.15, 0.2) is 12.1 Å². The Morgan fingerprint density at radius 3 is 1.35 bits per heavy atom. The van der Waals surface area contributed by atoms with Gasteiger partial charge in [-0.05, 0) is 26.7 Å². The molecule has 4 nitrogen and oxygen atoms in total. The smallest absolute Gasteiger partial charge is 0.158 e. The van der Waals surface area contributed by atoms with E-state index in [2.05, 4.69) is 72.7 Å². The van der Waals surface area contributed by atoms with E-state index in [0.717, 1.165) is 13.1 Å². The Labute approximate surface area is 122 Å². The van der Waals surface area contributed by atoms with Gasteiger partial charge in [0.15, 0.2) is 14.1 Å². The van der Waals surface area contributed by atoms with Crippen LogP contribution in [0.3, 0.4) is 0 Å². The highest BCUT2D eigenvalue weighted by Gasteiger charge is 2.14. The first kappa shape index (κ1) is 14.8. The van der Waals surface area contributed by atoms with Gasteiger partial charge in [-0.25, -0.2) is 0 Å². The number of hydrogen-bond donors (Lipinski definition) is 0. The lowest BCUT2D eigenvalue weighted by Crippen LogP contribution is -2.42. The molecule has 0 radical (unpaired) electrons. The van der Waals surface area contributed by atoms with Crippen molar-refractivity contribution in [2.24, 2.45) is 14.1 Å². The van der Waals surface area contributed by atoms with E-state index in [4.69, 9.17) is 0 Å². The van der Waals surface area contributed by atoms with E-state index in [9.17, 15) is 0 Å². The molecular weight excluding hydrogens is 248 g/mol. The van der Waals surface area contributed by atoms with Gasteiger partial charge < -0.3 is 0 Å². The Bertz CT molecular complexity index is 550. The maximum atomic E-state index is 2.36. The molecule has 110 valence electrons. The van der Waals surface area contributed by atoms with Crippen molar-refractivity contribution in [2.75, 3.05) is 0 Å². The minimum absolute atomic E-state index is 1.10. The van der Waals surface area contributed by atoms with Gasteiger partial charge in [0.05, 0.1) is 24.5 Å². The zero-order chi connectivity index (χ0) is 14.9. The third kappa shape index (κ3) is 2.79. The molecule has 0 unspecified atom stereocenters. The molecule has 0 saturated heterocycles. The van der Waals surface area contributed by atoms with Gasteiger partial charge in [0, 0.05) is 26.0 Å². The third-order valence-electron chi connectivity index (χ3n) is 4.38. The standard InChI is InChI=1S/C16H28N4/c1-13-11-15(3)19(17(13)5)9-7-8-10-20-16(4)12-14(2)18(20)6/h11-12H,7-10H2,1-6H3/q+2. The quantitative estimate of drug-likeness (QED) is 0.584. The van der Waals surface area contributed by atoms with Crippen molar-refractivity contribution in [3.63, 3.8) is 0 Å². The summed E-state index contributed by atoms with van der Waals surface area (Å²) in [5.74, 6) is 0. The Morgan fingerprint density at radius 1 is 0.750 bits per heavy atom. The summed E-state index contributed by atoms with van der Waals surface area (Å²) in [6.45, 7) is 10.9. The summed E-state index contributed by atoms with van der Waals surface area (Å²) in [6.07, 6.45) is 2.42. The number of rotatable bonds is 5. The highest BCUT2D eigenvalue weighted by Crippen LogP contribution is 2.05. The Morgan fingerprint density at radius 2 is 1.10 bits per heavy atom. The van der Waals surface area contributed by atoms with Crippen LogP contribution in [-0.2, 0) is 27.2 Å². The second-order valence-corrected chi connectivity index (χ2v) is 5.85. The van der Waals surface area contributed by atoms with E-state index in [1.807, 2.05) is 0 Å². The van der Waals surface area contributed by atoms with Crippen LogP contribution in [0.25, 0.3) is 0 Å². The molecule has 0 aliphatic rings. The van der Waals surface area contributed by atoms with Crippen molar-refractivity contribution in [2.45, 2.75) is 53.6 Å². The summed E-state index contributed by atoms with van der Waals surface area (Å²) >= 11 is 0. The van der Waals surface area contributed by atoms with Crippen LogP contribution in [0.4, 0.5) is 0 Å². The molecule has 0 aromatic carbocycles. The van der Waals surface area contributed by atoms with Gasteiger partial charge in [-0.15, -0.1) is 9.36 Å². The average molecular weight is 276 g/mol. The van der Waals surface area contributed by atoms with Crippen LogP contribution < -0.4 is 9.36 Å². The monoisotopic (exact) mass is 276 g/mol. The summed E-state index contributed by atoms with van der Waals surface area (Å²) < 4.78 is 9.23. The SMILES string of the molecule is Cc1cc(C)[n+](C)n1CCCCn1c(C)cc(C)[n+]1C. The Hall–Kier alpha value is -1.58. The van der Waals surface area contributed by atoms with Crippen molar-refractivity contribution < 1.29 is 9.36 Å². The zero-order valence-corrected chi connectivity index (χ0v) is 13.8. The summed E-state index contributed by atoms with van der Waals surface area (Å²) in [4.78, 5) is 0. The minimum atomic E-state index is 1.10. The van der Waals surface area contributed by atoms with Crippen LogP contribution >= 0.6 is 0 Å². The molecule has 0 atom stereocenters. The second-order valence-electron chi connectivity index (χ2n) is 5.85. The van der Waals surface area contributed by atoms with Gasteiger partial charge >= 0.3 is 0 Å². The lowest BCUT2D eigenvalue weighted by Gasteiger charge is -2.05. The van der Waals surface area contributed by atoms with Gasteiger partial charge in [0.2, 0.25) is 11.4 Å². The first-order valence-corrected chi connectivity index (χ1v) is 7.48. The first-order chi connectivity index (χ1) is 9.41. The van der Waals surface area contributed by atoms with Gasteiger partial charge in [-0.1, -0.05) is 0 Å². The zero-order valence-electron chi connectivity index (χ0n) is 13.8. The normalized spacial score (nSPS) is 11.3. The minimum Gasteiger partial charge on any atom is -0.158 e. The summed E-state index contributed by atoms with van der Waals surface area (Å²) in [5.41, 5.74) is 5.35. The predicted octanol–water partition coefficient (Wildman–Crippen LogP) is 1.65. The highest BCUT2D eigenvalue weighted by molar-refractivity contribution is 5.02. The average Bonchev–Trinajstić information content (AvgIpc) is 2.76. The van der Waals surface area contributed by atoms with Crippen LogP contribution in [0.2, 0.25) is 0 Å². The molecule has 0 saturated carbocycles. The van der Waals surface area contributed by atoms with Crippen molar-refractivity contribution >= 4 is 0 Å². The summed E-state index contributed by atoms with van der Waals surface area (Å²) in [6, 6.07) is 4.50. The summed E-state index contributed by atoms with van der Waals surface area (Å²) in [7, 11) is 4.28. The number of hydrogen-bond acceptors (Lipinski definition) is 0. The third-order valence-corrected chi connectivity index (χ3v) is 4.38. The summed E-state index contributed by atoms with van der Waals surface area (Å²) in [5, 5.41) is 0. The van der Waals surface area contributed by atoms with Crippen LogP contribution in [0.5, 0.6) is 0 Å². The van der Waals surface area contributed by atoms with Gasteiger partial charge in [-0.3, -0.25) is 0 Å². The van der Waals surface area contributed by atoms with Crippen molar-refractivity contribution in [3.05, 3.63) is 34.9 Å². The van der Waals surface area contributed by atoms with Gasteiger partial charge in [0.25, 0.3) is 0 Å². The fourth-order valence-electron chi connectivity index (χ4n) is 2.97. The number of nitrogens with zero attached hydrogens (tertiary/aromatic N) is 4. The van der Waals surface area contributed by atoms with E-state index >= 15 is 0 Å². The van der Waals surface area contributed by atoms with Crippen LogP contribution in [0.1, 0.15) is 35.6 Å². The molecule has 0 amide bonds. The molecule has 0 N–H and O–H groups in total. The Kier molecular flexibility index (Phi) is 4.31. The molecular formula is C16H28N4+2. The molecule has 20 heavy (non-hydrogen) atoms. The number of aromatic nitrogens is 4. The van der Waals surface area contributed by atoms with E-state index in [0.29, 0.717) is 0 Å². The second kappa shape index (κ2) is 5.81. The van der Waals surface area contributed by atoms with E-state index < -0.39 is 0 Å². The molecule has 2 rings (SSSR count). The fraction of sp³-hybridized carbons (Fsp3) is 0.625. The van der Waals surface area contributed by atoms with Crippen LogP contribution in [0, 0.1) is 27.7 Å². The molecule has 2 aromatic rings. The molecule has 0 aliphatic heterocycles. The lowest BCUT2D eigenvalue weighted by molar-refractivity contribution is -0.760. The molecule has 0 bridgehead atoms. The number of aryl methyl sites for hydroxylation is 4. The lowest BCUT2D eigenvalue weighted by atomic mass is 10.3. The van der Waals surface area contributed by atoms with Gasteiger partial charge in [-0.2, -0.15) is 9.36 Å². The largest absolute Gasteiger partial charge is 0.204 e. The molecule has 2 aromatic heterocycles. The van der Waals surface area contributed by atoms with Crippen molar-refractivity contribution in [1.29, 1.82) is 0 Å². The first-order valence-electron chi connectivity index (χ1n) is 7.48. The topological polar surface area (TPSA) is 17.6 Å². The predicted molar refractivity (Wildman–Crippen MR) is 79.4 cm³/mol. The van der Waals surface area contributed by atoms with Gasteiger partial charge in [0.1, 0.15) is 0 Å². The van der Waals surface area contributed by atoms with E-state index in [-0.39, 0.29) is 0 Å². The maximum Gasteiger partial charge on any atom is 0.204 e. The molecule has 4 heteroatoms. The van der Waals surface area contributed by atoms with Crippen LogP contribution in [-0.4, -0.2) is 9.36 Å². The fourth-order valence-corrected chi connectivity index (χ4v) is 2.97. The molecule has 0 spiro atoms.